The molecule has 0 radical (unpaired) electrons. The van der Waals surface area contributed by atoms with Crippen molar-refractivity contribution in [2.45, 2.75) is 57.6 Å². The fourth-order valence-electron chi connectivity index (χ4n) is 4.04. The van der Waals surface area contributed by atoms with Gasteiger partial charge in [0, 0.05) is 28.7 Å². The summed E-state index contributed by atoms with van der Waals surface area (Å²) in [6.45, 7) is 12.0. The van der Waals surface area contributed by atoms with Gasteiger partial charge >= 0.3 is 0 Å². The standard InChI is InChI=1S/C27H31BrFN3O2SSi/c1-27(2,3)35(33)32-20(15-21-25(29)23(36(4,5)6)16-24(28)30-21)17-11-7-8-12-18(17)26-19-13-9-10-14-22(19)34-31-26/h7-14,16,20,32H,15H2,1-6H3/t20?,35-/m0/s1. The van der Waals surface area contributed by atoms with Gasteiger partial charge < -0.3 is 9.08 Å². The molecule has 0 aliphatic carbocycles. The lowest BCUT2D eigenvalue weighted by Gasteiger charge is -2.29. The normalized spacial score (nSPS) is 14.2. The van der Waals surface area contributed by atoms with E-state index in [0.717, 1.165) is 16.5 Å². The Morgan fingerprint density at radius 2 is 1.78 bits per heavy atom. The molecule has 2 atom stereocenters. The van der Waals surface area contributed by atoms with E-state index in [9.17, 15) is 4.55 Å². The highest BCUT2D eigenvalue weighted by Gasteiger charge is 2.33. The first-order valence-electron chi connectivity index (χ1n) is 11.8. The summed E-state index contributed by atoms with van der Waals surface area (Å²) in [4.78, 5) is 4.51. The summed E-state index contributed by atoms with van der Waals surface area (Å²) in [6, 6.07) is 16.8. The van der Waals surface area contributed by atoms with E-state index in [0.29, 0.717) is 26.8 Å². The van der Waals surface area contributed by atoms with Crippen molar-refractivity contribution in [3.8, 4) is 11.3 Å². The molecule has 190 valence electrons. The van der Waals surface area contributed by atoms with Crippen LogP contribution in [0, 0.1) is 5.82 Å². The molecule has 0 bridgehead atoms. The summed E-state index contributed by atoms with van der Waals surface area (Å²) in [5, 5.41) is 5.95. The van der Waals surface area contributed by atoms with Crippen LogP contribution in [0.1, 0.15) is 38.1 Å². The Morgan fingerprint density at radius 3 is 2.47 bits per heavy atom. The first kappa shape index (κ1) is 27.0. The van der Waals surface area contributed by atoms with Gasteiger partial charge in [-0.05, 0) is 65.7 Å². The molecule has 2 heterocycles. The summed E-state index contributed by atoms with van der Waals surface area (Å²) in [6.07, 6.45) is 0.220. The topological polar surface area (TPSA) is 74.0 Å². The molecule has 0 amide bonds. The largest absolute Gasteiger partial charge is 0.598 e. The summed E-state index contributed by atoms with van der Waals surface area (Å²) >= 11 is 2.08. The molecule has 4 aromatic rings. The zero-order chi connectivity index (χ0) is 26.3. The second kappa shape index (κ2) is 10.4. The van der Waals surface area contributed by atoms with Gasteiger partial charge in [0.05, 0.1) is 19.8 Å². The average molecular weight is 589 g/mol. The lowest BCUT2D eigenvalue weighted by molar-refractivity contribution is 0.459. The van der Waals surface area contributed by atoms with E-state index < -0.39 is 30.2 Å². The van der Waals surface area contributed by atoms with E-state index in [-0.39, 0.29) is 12.2 Å². The maximum absolute atomic E-state index is 15.8. The van der Waals surface area contributed by atoms with Gasteiger partial charge in [0.15, 0.2) is 5.58 Å². The number of hydrogen-bond acceptors (Lipinski definition) is 5. The van der Waals surface area contributed by atoms with E-state index in [1.807, 2.05) is 69.3 Å². The van der Waals surface area contributed by atoms with E-state index in [1.165, 1.54) is 0 Å². The predicted molar refractivity (Wildman–Crippen MR) is 152 cm³/mol. The lowest BCUT2D eigenvalue weighted by Crippen LogP contribution is -2.43. The molecule has 4 rings (SSSR count). The maximum atomic E-state index is 15.8. The number of aromatic nitrogens is 2. The molecule has 2 aromatic carbocycles. The fraction of sp³-hybridized carbons (Fsp3) is 0.333. The van der Waals surface area contributed by atoms with Crippen molar-refractivity contribution in [1.29, 1.82) is 0 Å². The maximum Gasteiger partial charge on any atom is 0.167 e. The van der Waals surface area contributed by atoms with Crippen LogP contribution in [-0.2, 0) is 17.8 Å². The molecule has 1 N–H and O–H groups in total. The summed E-state index contributed by atoms with van der Waals surface area (Å²) in [5.41, 5.74) is 3.41. The number of rotatable bonds is 7. The van der Waals surface area contributed by atoms with Crippen LogP contribution in [0.3, 0.4) is 0 Å². The van der Waals surface area contributed by atoms with Crippen molar-refractivity contribution in [3.63, 3.8) is 0 Å². The van der Waals surface area contributed by atoms with E-state index >= 15 is 4.39 Å². The number of halogens is 2. The molecule has 0 saturated heterocycles. The molecular formula is C27H31BrFN3O2SSi. The second-order valence-corrected chi connectivity index (χ2v) is 18.7. The van der Waals surface area contributed by atoms with Crippen molar-refractivity contribution in [3.05, 3.63) is 76.3 Å². The monoisotopic (exact) mass is 587 g/mol. The van der Waals surface area contributed by atoms with E-state index in [4.69, 9.17) is 4.52 Å². The fourth-order valence-corrected chi connectivity index (χ4v) is 6.89. The SMILES string of the molecule is CC(C)(C)[S@+]([O-])NC(Cc1nc(Br)cc([Si](C)(C)C)c1F)c1ccccc1-c1noc2ccccc12. The second-order valence-electron chi connectivity index (χ2n) is 10.9. The number of fused-ring (bicyclic) bond motifs is 1. The zero-order valence-electron chi connectivity index (χ0n) is 21.4. The first-order valence-corrected chi connectivity index (χ1v) is 17.3. The number of nitrogens with one attached hydrogen (secondary N) is 1. The van der Waals surface area contributed by atoms with Crippen molar-refractivity contribution >= 4 is 51.5 Å². The van der Waals surface area contributed by atoms with Crippen molar-refractivity contribution in [1.82, 2.24) is 14.9 Å². The van der Waals surface area contributed by atoms with Gasteiger partial charge in [-0.3, -0.25) is 0 Å². The van der Waals surface area contributed by atoms with Crippen molar-refractivity contribution < 1.29 is 13.5 Å². The molecule has 0 fully saturated rings. The Kier molecular flexibility index (Phi) is 7.78. The van der Waals surface area contributed by atoms with Crippen molar-refractivity contribution in [2.24, 2.45) is 0 Å². The molecule has 0 aliphatic heterocycles. The van der Waals surface area contributed by atoms with Crippen LogP contribution in [0.15, 0.2) is 63.7 Å². The summed E-state index contributed by atoms with van der Waals surface area (Å²) in [7, 11) is -1.97. The Balaban J connectivity index is 1.85. The van der Waals surface area contributed by atoms with Gasteiger partial charge in [0.2, 0.25) is 0 Å². The average Bonchev–Trinajstić information content (AvgIpc) is 3.23. The highest BCUT2D eigenvalue weighted by Crippen LogP contribution is 2.35. The number of pyridine rings is 1. The smallest absolute Gasteiger partial charge is 0.167 e. The van der Waals surface area contributed by atoms with Gasteiger partial charge in [0.1, 0.15) is 20.9 Å². The van der Waals surface area contributed by atoms with Gasteiger partial charge in [-0.1, -0.05) is 61.2 Å². The van der Waals surface area contributed by atoms with Crippen LogP contribution >= 0.6 is 15.9 Å². The molecule has 0 aliphatic rings. The third-order valence-corrected chi connectivity index (χ3v) is 9.97. The minimum absolute atomic E-state index is 0.220. The van der Waals surface area contributed by atoms with Gasteiger partial charge in [-0.2, -0.15) is 0 Å². The molecule has 5 nitrogen and oxygen atoms in total. The summed E-state index contributed by atoms with van der Waals surface area (Å²) in [5.74, 6) is -0.282. The Labute approximate surface area is 224 Å². The van der Waals surface area contributed by atoms with Crippen LogP contribution in [0.5, 0.6) is 0 Å². The third-order valence-electron chi connectivity index (χ3n) is 5.97. The number of hydrogen-bond donors (Lipinski definition) is 1. The van der Waals surface area contributed by atoms with Crippen LogP contribution in [-0.4, -0.2) is 27.5 Å². The minimum Gasteiger partial charge on any atom is -0.598 e. The van der Waals surface area contributed by atoms with Crippen molar-refractivity contribution in [2.75, 3.05) is 0 Å². The van der Waals surface area contributed by atoms with Gasteiger partial charge in [-0.25, -0.2) is 9.37 Å². The van der Waals surface area contributed by atoms with Gasteiger partial charge in [0.25, 0.3) is 0 Å². The lowest BCUT2D eigenvalue weighted by atomic mass is 9.94. The number of benzene rings is 2. The third kappa shape index (κ3) is 5.75. The van der Waals surface area contributed by atoms with E-state index in [1.54, 1.807) is 6.07 Å². The van der Waals surface area contributed by atoms with Crippen LogP contribution in [0.2, 0.25) is 19.6 Å². The molecule has 9 heteroatoms. The highest BCUT2D eigenvalue weighted by atomic mass is 79.9. The highest BCUT2D eigenvalue weighted by molar-refractivity contribution is 9.10. The van der Waals surface area contributed by atoms with Gasteiger partial charge in [-0.15, -0.1) is 4.72 Å². The Morgan fingerprint density at radius 1 is 1.11 bits per heavy atom. The van der Waals surface area contributed by atoms with Crippen LogP contribution in [0.25, 0.3) is 22.2 Å². The van der Waals surface area contributed by atoms with Crippen LogP contribution < -0.4 is 9.91 Å². The molecule has 0 spiro atoms. The summed E-state index contributed by atoms with van der Waals surface area (Å²) < 4.78 is 38.0. The quantitative estimate of drug-likeness (QED) is 0.148. The molecule has 0 saturated carbocycles. The molecule has 36 heavy (non-hydrogen) atoms. The predicted octanol–water partition coefficient (Wildman–Crippen LogP) is 6.67. The van der Waals surface area contributed by atoms with E-state index in [2.05, 4.69) is 50.4 Å². The zero-order valence-corrected chi connectivity index (χ0v) is 24.8. The Bertz CT molecular complexity index is 1380. The number of para-hydroxylation sites is 1. The molecular weight excluding hydrogens is 557 g/mol. The Hall–Kier alpha value is -2.04. The molecule has 1 unspecified atom stereocenters. The minimum atomic E-state index is -1.97. The first-order chi connectivity index (χ1) is 16.9. The molecule has 2 aromatic heterocycles. The van der Waals surface area contributed by atoms with Crippen LogP contribution in [0.4, 0.5) is 4.39 Å². The number of nitrogens with zero attached hydrogens (tertiary/aromatic N) is 2.